The third-order valence-electron chi connectivity index (χ3n) is 14.4. The molecule has 1 unspecified atom stereocenters. The lowest BCUT2D eigenvalue weighted by Crippen LogP contribution is -2.30. The summed E-state index contributed by atoms with van der Waals surface area (Å²) in [5, 5.41) is 0. The molecule has 0 aromatic rings. The summed E-state index contributed by atoms with van der Waals surface area (Å²) in [6, 6.07) is 0. The monoisotopic (exact) mass is 1130 g/mol. The first-order chi connectivity index (χ1) is 40.5. The second-order valence-electron chi connectivity index (χ2n) is 22.3. The van der Waals surface area contributed by atoms with E-state index in [1.165, 1.54) is 122 Å². The summed E-state index contributed by atoms with van der Waals surface area (Å²) in [4.78, 5) is 38.4. The van der Waals surface area contributed by atoms with Crippen molar-refractivity contribution in [2.24, 2.45) is 0 Å². The van der Waals surface area contributed by atoms with Crippen LogP contribution in [0.25, 0.3) is 0 Å². The Morgan fingerprint density at radius 2 is 0.476 bits per heavy atom. The quantitative estimate of drug-likeness (QED) is 0.0261. The van der Waals surface area contributed by atoms with E-state index in [1.54, 1.807) is 0 Å². The van der Waals surface area contributed by atoms with Gasteiger partial charge in [-0.25, -0.2) is 0 Å². The molecule has 1 atom stereocenters. The van der Waals surface area contributed by atoms with E-state index in [9.17, 15) is 14.4 Å². The average molecular weight is 1140 g/mol. The first kappa shape index (κ1) is 77.5. The largest absolute Gasteiger partial charge is 0.462 e. The molecule has 0 saturated heterocycles. The van der Waals surface area contributed by atoms with E-state index < -0.39 is 6.10 Å². The molecule has 0 aromatic heterocycles. The van der Waals surface area contributed by atoms with E-state index in [0.29, 0.717) is 19.3 Å². The van der Waals surface area contributed by atoms with Crippen molar-refractivity contribution in [3.8, 4) is 0 Å². The van der Waals surface area contributed by atoms with Crippen molar-refractivity contribution in [1.29, 1.82) is 0 Å². The molecule has 466 valence electrons. The molecule has 0 N–H and O–H groups in total. The molecule has 0 heterocycles. The smallest absolute Gasteiger partial charge is 0.306 e. The highest BCUT2D eigenvalue weighted by Crippen LogP contribution is 2.16. The molecule has 0 amide bonds. The molecule has 0 radical (unpaired) electrons. The number of hydrogen-bond acceptors (Lipinski definition) is 6. The molecular formula is C76H126O6. The standard InChI is InChI=1S/C76H126O6/c1-4-7-10-13-16-19-22-25-27-29-31-33-35-36-37-38-39-40-42-43-45-47-49-51-54-57-60-63-66-69-75(78)81-72-73(71-80-74(77)68-65-62-59-56-53-24-21-18-15-12-9-6-3)82-76(79)70-67-64-61-58-55-52-50-48-46-44-41-34-32-30-28-26-23-20-17-14-11-8-5-2/h7-8,10-11,16-21,25-28,31-34,44,46,50,52,73H,4-6,9,12-15,22-24,29-30,35-43,45,47-49,51,53-72H2,1-3H3/b10-7-,11-8-,19-16-,20-17-,21-18-,27-25-,28-26-,33-31-,34-32-,46-44-,52-50-. The van der Waals surface area contributed by atoms with E-state index in [2.05, 4.69) is 154 Å². The summed E-state index contributed by atoms with van der Waals surface area (Å²) >= 11 is 0. The van der Waals surface area contributed by atoms with Crippen LogP contribution in [0.5, 0.6) is 0 Å². The van der Waals surface area contributed by atoms with Gasteiger partial charge in [-0.1, -0.05) is 289 Å². The van der Waals surface area contributed by atoms with Crippen molar-refractivity contribution in [3.05, 3.63) is 134 Å². The van der Waals surface area contributed by atoms with E-state index in [0.717, 1.165) is 148 Å². The van der Waals surface area contributed by atoms with Gasteiger partial charge < -0.3 is 14.2 Å². The van der Waals surface area contributed by atoms with Gasteiger partial charge in [0.05, 0.1) is 0 Å². The van der Waals surface area contributed by atoms with E-state index in [4.69, 9.17) is 14.2 Å². The highest BCUT2D eigenvalue weighted by Gasteiger charge is 2.19. The molecule has 0 aliphatic carbocycles. The van der Waals surface area contributed by atoms with Crippen molar-refractivity contribution in [2.75, 3.05) is 13.2 Å². The summed E-state index contributed by atoms with van der Waals surface area (Å²) < 4.78 is 16.9. The Balaban J connectivity index is 4.30. The summed E-state index contributed by atoms with van der Waals surface area (Å²) in [5.41, 5.74) is 0. The predicted octanol–water partition coefficient (Wildman–Crippen LogP) is 23.7. The first-order valence-corrected chi connectivity index (χ1v) is 34.2. The second kappa shape index (κ2) is 69.0. The van der Waals surface area contributed by atoms with Gasteiger partial charge in [0.15, 0.2) is 6.10 Å². The average Bonchev–Trinajstić information content (AvgIpc) is 3.47. The Morgan fingerprint density at radius 3 is 0.756 bits per heavy atom. The van der Waals surface area contributed by atoms with Gasteiger partial charge in [0.2, 0.25) is 0 Å². The molecule has 0 spiro atoms. The molecule has 0 rings (SSSR count). The molecule has 0 fully saturated rings. The van der Waals surface area contributed by atoms with Crippen LogP contribution in [-0.4, -0.2) is 37.2 Å². The number of allylic oxidation sites excluding steroid dienone is 22. The number of ether oxygens (including phenoxy) is 3. The lowest BCUT2D eigenvalue weighted by atomic mass is 10.0. The highest BCUT2D eigenvalue weighted by atomic mass is 16.6. The van der Waals surface area contributed by atoms with E-state index in [-0.39, 0.29) is 31.1 Å². The third kappa shape index (κ3) is 66.4. The minimum atomic E-state index is -0.800. The molecule has 0 aromatic carbocycles. The number of carbonyl (C=O) groups excluding carboxylic acids is 3. The van der Waals surface area contributed by atoms with E-state index >= 15 is 0 Å². The zero-order valence-corrected chi connectivity index (χ0v) is 53.5. The van der Waals surface area contributed by atoms with Crippen molar-refractivity contribution < 1.29 is 28.6 Å². The topological polar surface area (TPSA) is 78.9 Å². The molecule has 6 nitrogen and oxygen atoms in total. The molecular weight excluding hydrogens is 1010 g/mol. The minimum absolute atomic E-state index is 0.0926. The summed E-state index contributed by atoms with van der Waals surface area (Å²) in [6.07, 6.45) is 97.6. The van der Waals surface area contributed by atoms with Crippen LogP contribution in [0.1, 0.15) is 310 Å². The Bertz CT molecular complexity index is 1730. The summed E-state index contributed by atoms with van der Waals surface area (Å²) in [7, 11) is 0. The van der Waals surface area contributed by atoms with Gasteiger partial charge in [-0.2, -0.15) is 0 Å². The lowest BCUT2D eigenvalue weighted by molar-refractivity contribution is -0.167. The zero-order chi connectivity index (χ0) is 59.2. The lowest BCUT2D eigenvalue weighted by Gasteiger charge is -2.18. The Labute approximate surface area is 506 Å². The summed E-state index contributed by atoms with van der Waals surface area (Å²) in [6.45, 7) is 6.38. The van der Waals surface area contributed by atoms with Crippen LogP contribution >= 0.6 is 0 Å². The van der Waals surface area contributed by atoms with Gasteiger partial charge in [0.1, 0.15) is 13.2 Å². The predicted molar refractivity (Wildman–Crippen MR) is 357 cm³/mol. The number of unbranched alkanes of at least 4 members (excludes halogenated alkanes) is 28. The number of carbonyl (C=O) groups is 3. The van der Waals surface area contributed by atoms with Crippen molar-refractivity contribution >= 4 is 17.9 Å². The first-order valence-electron chi connectivity index (χ1n) is 34.2. The molecule has 0 aliphatic heterocycles. The fraction of sp³-hybridized carbons (Fsp3) is 0.671. The second-order valence-corrected chi connectivity index (χ2v) is 22.3. The van der Waals surface area contributed by atoms with Crippen LogP contribution in [0.15, 0.2) is 134 Å². The zero-order valence-electron chi connectivity index (χ0n) is 53.5. The van der Waals surface area contributed by atoms with Gasteiger partial charge in [0, 0.05) is 19.3 Å². The van der Waals surface area contributed by atoms with Crippen molar-refractivity contribution in [1.82, 2.24) is 0 Å². The van der Waals surface area contributed by atoms with E-state index in [1.807, 2.05) is 0 Å². The SMILES string of the molecule is CC/C=C\C/C=C\C/C=C\C/C=C\C/C=C\C/C=C\CCCCCCC(=O)OC(COC(=O)CCCCCCC/C=C\CCCCC)COC(=O)CCCCCCCCCCCCCCCCCC/C=C\C/C=C\C/C=C\C/C=C\CC. The van der Waals surface area contributed by atoms with Gasteiger partial charge in [-0.3, -0.25) is 14.4 Å². The van der Waals surface area contributed by atoms with Crippen LogP contribution in [0.3, 0.4) is 0 Å². The normalized spacial score (nSPS) is 13.0. The fourth-order valence-corrected chi connectivity index (χ4v) is 9.32. The Morgan fingerprint density at radius 1 is 0.256 bits per heavy atom. The number of hydrogen-bond donors (Lipinski definition) is 0. The van der Waals surface area contributed by atoms with Crippen molar-refractivity contribution in [3.63, 3.8) is 0 Å². The number of rotatable bonds is 61. The van der Waals surface area contributed by atoms with Crippen LogP contribution in [0, 0.1) is 0 Å². The van der Waals surface area contributed by atoms with Crippen LogP contribution < -0.4 is 0 Å². The van der Waals surface area contributed by atoms with Crippen LogP contribution in [0.4, 0.5) is 0 Å². The molecule has 0 bridgehead atoms. The maximum absolute atomic E-state index is 12.9. The maximum atomic E-state index is 12.9. The number of esters is 3. The Hall–Kier alpha value is -4.45. The van der Waals surface area contributed by atoms with Gasteiger partial charge in [-0.15, -0.1) is 0 Å². The van der Waals surface area contributed by atoms with Gasteiger partial charge in [-0.05, 0) is 135 Å². The third-order valence-corrected chi connectivity index (χ3v) is 14.4. The minimum Gasteiger partial charge on any atom is -0.462 e. The molecule has 0 saturated carbocycles. The molecule has 6 heteroatoms. The molecule has 0 aliphatic rings. The maximum Gasteiger partial charge on any atom is 0.306 e. The van der Waals surface area contributed by atoms with Gasteiger partial charge >= 0.3 is 17.9 Å². The fourth-order valence-electron chi connectivity index (χ4n) is 9.32. The summed E-state index contributed by atoms with van der Waals surface area (Å²) in [5.74, 6) is -0.921. The van der Waals surface area contributed by atoms with Gasteiger partial charge in [0.25, 0.3) is 0 Å². The van der Waals surface area contributed by atoms with Crippen molar-refractivity contribution in [2.45, 2.75) is 316 Å². The van der Waals surface area contributed by atoms with Crippen LogP contribution in [0.2, 0.25) is 0 Å². The Kier molecular flexibility index (Phi) is 65.3. The molecule has 82 heavy (non-hydrogen) atoms. The van der Waals surface area contributed by atoms with Crippen LogP contribution in [-0.2, 0) is 28.6 Å². The highest BCUT2D eigenvalue weighted by molar-refractivity contribution is 5.71.